The highest BCUT2D eigenvalue weighted by molar-refractivity contribution is 5.96. The third kappa shape index (κ3) is 4.37. The highest BCUT2D eigenvalue weighted by Crippen LogP contribution is 2.09. The molecule has 3 amide bonds. The van der Waals surface area contributed by atoms with Crippen LogP contribution in [0.1, 0.15) is 18.1 Å². The SMILES string of the molecule is CNC(=O)NC(=O)[C@@H](C)N(C)Cc1cccc(C#N)c1. The molecule has 0 saturated heterocycles. The first-order chi connectivity index (χ1) is 9.47. The van der Waals surface area contributed by atoms with Crippen LogP contribution in [0, 0.1) is 11.3 Å². The van der Waals surface area contributed by atoms with Gasteiger partial charge in [0.2, 0.25) is 5.91 Å². The molecular weight excluding hydrogens is 256 g/mol. The van der Waals surface area contributed by atoms with Gasteiger partial charge in [-0.25, -0.2) is 4.79 Å². The van der Waals surface area contributed by atoms with Crippen LogP contribution in [-0.2, 0) is 11.3 Å². The molecule has 0 aliphatic rings. The van der Waals surface area contributed by atoms with Gasteiger partial charge in [-0.2, -0.15) is 5.26 Å². The highest BCUT2D eigenvalue weighted by Gasteiger charge is 2.19. The number of amides is 3. The number of nitrogens with zero attached hydrogens (tertiary/aromatic N) is 2. The molecule has 1 aromatic carbocycles. The van der Waals surface area contributed by atoms with Gasteiger partial charge in [-0.15, -0.1) is 0 Å². The number of hydrogen-bond acceptors (Lipinski definition) is 4. The van der Waals surface area contributed by atoms with E-state index in [1.165, 1.54) is 7.05 Å². The summed E-state index contributed by atoms with van der Waals surface area (Å²) in [5.74, 6) is -0.372. The van der Waals surface area contributed by atoms with E-state index < -0.39 is 12.1 Å². The Labute approximate surface area is 118 Å². The molecule has 20 heavy (non-hydrogen) atoms. The number of hydrogen-bond donors (Lipinski definition) is 2. The van der Waals surface area contributed by atoms with Crippen molar-refractivity contribution in [3.8, 4) is 6.07 Å². The number of carbonyl (C=O) groups excluding carboxylic acids is 2. The Morgan fingerprint density at radius 1 is 1.45 bits per heavy atom. The zero-order valence-electron chi connectivity index (χ0n) is 11.8. The van der Waals surface area contributed by atoms with E-state index in [0.717, 1.165) is 5.56 Å². The van der Waals surface area contributed by atoms with Crippen molar-refractivity contribution in [3.63, 3.8) is 0 Å². The van der Waals surface area contributed by atoms with E-state index >= 15 is 0 Å². The fraction of sp³-hybridized carbons (Fsp3) is 0.357. The van der Waals surface area contributed by atoms with Crippen LogP contribution in [0.3, 0.4) is 0 Å². The predicted molar refractivity (Wildman–Crippen MR) is 74.7 cm³/mol. The van der Waals surface area contributed by atoms with Crippen molar-refractivity contribution in [2.24, 2.45) is 0 Å². The first-order valence-electron chi connectivity index (χ1n) is 6.19. The lowest BCUT2D eigenvalue weighted by molar-refractivity contribution is -0.124. The molecule has 0 spiro atoms. The molecular formula is C14H18N4O2. The minimum absolute atomic E-state index is 0.372. The molecule has 1 aromatic rings. The summed E-state index contributed by atoms with van der Waals surface area (Å²) in [7, 11) is 3.23. The maximum Gasteiger partial charge on any atom is 0.321 e. The number of nitrogens with one attached hydrogen (secondary N) is 2. The Morgan fingerprint density at radius 2 is 2.15 bits per heavy atom. The molecule has 0 radical (unpaired) electrons. The van der Waals surface area contributed by atoms with Crippen molar-refractivity contribution in [2.45, 2.75) is 19.5 Å². The van der Waals surface area contributed by atoms with Gasteiger partial charge in [-0.3, -0.25) is 15.0 Å². The summed E-state index contributed by atoms with van der Waals surface area (Å²) in [5, 5.41) is 13.4. The zero-order chi connectivity index (χ0) is 15.1. The summed E-state index contributed by atoms with van der Waals surface area (Å²) in [5.41, 5.74) is 1.52. The van der Waals surface area contributed by atoms with E-state index in [4.69, 9.17) is 5.26 Å². The minimum atomic E-state index is -0.526. The first kappa shape index (κ1) is 15.7. The van der Waals surface area contributed by atoms with Crippen LogP contribution in [0.5, 0.6) is 0 Å². The van der Waals surface area contributed by atoms with Gasteiger partial charge in [0, 0.05) is 13.6 Å². The van der Waals surface area contributed by atoms with Crippen LogP contribution in [-0.4, -0.2) is 37.0 Å². The highest BCUT2D eigenvalue weighted by atomic mass is 16.2. The van der Waals surface area contributed by atoms with Gasteiger partial charge in [-0.05, 0) is 31.7 Å². The van der Waals surface area contributed by atoms with Crippen LogP contribution in [0.2, 0.25) is 0 Å². The topological polar surface area (TPSA) is 85.2 Å². The van der Waals surface area contributed by atoms with Crippen molar-refractivity contribution in [1.82, 2.24) is 15.5 Å². The standard InChI is InChI=1S/C14H18N4O2/c1-10(13(19)17-14(20)16-2)18(3)9-12-6-4-5-11(7-12)8-15/h4-7,10H,9H2,1-3H3,(H2,16,17,19,20)/t10-/m1/s1. The maximum absolute atomic E-state index is 11.8. The van der Waals surface area contributed by atoms with Crippen LogP contribution in [0.4, 0.5) is 4.79 Å². The smallest absolute Gasteiger partial charge is 0.321 e. The van der Waals surface area contributed by atoms with E-state index in [1.807, 2.05) is 6.07 Å². The second kappa shape index (κ2) is 7.26. The monoisotopic (exact) mass is 274 g/mol. The second-order valence-corrected chi connectivity index (χ2v) is 4.47. The molecule has 6 nitrogen and oxygen atoms in total. The Kier molecular flexibility index (Phi) is 5.69. The third-order valence-corrected chi connectivity index (χ3v) is 2.99. The fourth-order valence-corrected chi connectivity index (χ4v) is 1.64. The molecule has 0 saturated carbocycles. The number of likely N-dealkylation sites (N-methyl/N-ethyl adjacent to an activating group) is 1. The third-order valence-electron chi connectivity index (χ3n) is 2.99. The Morgan fingerprint density at radius 3 is 2.75 bits per heavy atom. The van der Waals surface area contributed by atoms with Crippen molar-refractivity contribution in [3.05, 3.63) is 35.4 Å². The largest absolute Gasteiger partial charge is 0.341 e. The quantitative estimate of drug-likeness (QED) is 0.851. The summed E-state index contributed by atoms with van der Waals surface area (Å²) in [6.45, 7) is 2.23. The van der Waals surface area contributed by atoms with Crippen LogP contribution < -0.4 is 10.6 Å². The van der Waals surface area contributed by atoms with Gasteiger partial charge in [0.25, 0.3) is 0 Å². The number of carbonyl (C=O) groups is 2. The predicted octanol–water partition coefficient (Wildman–Crippen LogP) is 0.834. The number of nitriles is 1. The molecule has 0 fully saturated rings. The fourth-order valence-electron chi connectivity index (χ4n) is 1.64. The molecule has 106 valence electrons. The first-order valence-corrected chi connectivity index (χ1v) is 6.19. The maximum atomic E-state index is 11.8. The Hall–Kier alpha value is -2.39. The molecule has 6 heteroatoms. The van der Waals surface area contributed by atoms with Gasteiger partial charge in [0.05, 0.1) is 17.7 Å². The number of urea groups is 1. The van der Waals surface area contributed by atoms with Crippen LogP contribution >= 0.6 is 0 Å². The number of benzene rings is 1. The minimum Gasteiger partial charge on any atom is -0.341 e. The molecule has 0 aromatic heterocycles. The average Bonchev–Trinajstić information content (AvgIpc) is 2.46. The van der Waals surface area contributed by atoms with E-state index in [-0.39, 0.29) is 5.91 Å². The van der Waals surface area contributed by atoms with Crippen molar-refractivity contribution in [1.29, 1.82) is 5.26 Å². The van der Waals surface area contributed by atoms with Gasteiger partial charge < -0.3 is 5.32 Å². The van der Waals surface area contributed by atoms with E-state index in [2.05, 4.69) is 16.7 Å². The summed E-state index contributed by atoms with van der Waals surface area (Å²) < 4.78 is 0. The normalized spacial score (nSPS) is 11.6. The van der Waals surface area contributed by atoms with Crippen molar-refractivity contribution < 1.29 is 9.59 Å². The second-order valence-electron chi connectivity index (χ2n) is 4.47. The Balaban J connectivity index is 2.65. The molecule has 1 atom stereocenters. The summed E-state index contributed by atoms with van der Waals surface area (Å²) >= 11 is 0. The molecule has 0 aliphatic carbocycles. The molecule has 0 unspecified atom stereocenters. The van der Waals surface area contributed by atoms with Gasteiger partial charge in [0.15, 0.2) is 0 Å². The lowest BCUT2D eigenvalue weighted by atomic mass is 10.1. The van der Waals surface area contributed by atoms with Gasteiger partial charge in [-0.1, -0.05) is 12.1 Å². The summed E-state index contributed by atoms with van der Waals surface area (Å²) in [6, 6.07) is 8.29. The van der Waals surface area contributed by atoms with E-state index in [1.54, 1.807) is 37.1 Å². The molecule has 1 rings (SSSR count). The molecule has 0 bridgehead atoms. The van der Waals surface area contributed by atoms with Crippen molar-refractivity contribution in [2.75, 3.05) is 14.1 Å². The van der Waals surface area contributed by atoms with Crippen LogP contribution in [0.25, 0.3) is 0 Å². The van der Waals surface area contributed by atoms with Gasteiger partial charge in [0.1, 0.15) is 0 Å². The Bertz CT molecular complexity index is 536. The number of rotatable bonds is 4. The molecule has 0 aliphatic heterocycles. The zero-order valence-corrected chi connectivity index (χ0v) is 11.8. The van der Waals surface area contributed by atoms with Crippen LogP contribution in [0.15, 0.2) is 24.3 Å². The van der Waals surface area contributed by atoms with E-state index in [0.29, 0.717) is 12.1 Å². The average molecular weight is 274 g/mol. The molecule has 2 N–H and O–H groups in total. The number of imide groups is 1. The molecule has 0 heterocycles. The lowest BCUT2D eigenvalue weighted by Gasteiger charge is -2.23. The van der Waals surface area contributed by atoms with E-state index in [9.17, 15) is 9.59 Å². The van der Waals surface area contributed by atoms with Gasteiger partial charge >= 0.3 is 6.03 Å². The summed E-state index contributed by atoms with van der Waals surface area (Å²) in [6.07, 6.45) is 0. The lowest BCUT2D eigenvalue weighted by Crippen LogP contribution is -2.47. The summed E-state index contributed by atoms with van der Waals surface area (Å²) in [4.78, 5) is 24.7. The van der Waals surface area contributed by atoms with Crippen molar-refractivity contribution >= 4 is 11.9 Å².